The maximum absolute atomic E-state index is 13.2. The van der Waals surface area contributed by atoms with Gasteiger partial charge in [-0.15, -0.1) is 0 Å². The Kier molecular flexibility index (Phi) is 6.91. The molecule has 1 saturated heterocycles. The van der Waals surface area contributed by atoms with Crippen molar-refractivity contribution in [2.45, 2.75) is 25.1 Å². The number of ether oxygens (including phenoxy) is 1. The van der Waals surface area contributed by atoms with Crippen LogP contribution in [0.5, 0.6) is 5.75 Å². The maximum Gasteiger partial charge on any atom is 0.243 e. The van der Waals surface area contributed by atoms with E-state index in [-0.39, 0.29) is 24.8 Å². The SMILES string of the molecule is CCOc1ccccc1N=C1S[C@H](CC(=O)Nc2ccccc2)C(=O)N1Cc1ccco1. The molecule has 1 aliphatic rings. The summed E-state index contributed by atoms with van der Waals surface area (Å²) in [4.78, 5) is 32.0. The predicted octanol–water partition coefficient (Wildman–Crippen LogP) is 4.84. The summed E-state index contributed by atoms with van der Waals surface area (Å²) in [6, 6.07) is 20.2. The summed E-state index contributed by atoms with van der Waals surface area (Å²) < 4.78 is 11.1. The van der Waals surface area contributed by atoms with E-state index in [1.165, 1.54) is 11.8 Å². The minimum Gasteiger partial charge on any atom is -0.492 e. The fourth-order valence-electron chi connectivity index (χ4n) is 3.26. The number of thioether (sulfide) groups is 1. The molecule has 1 fully saturated rings. The van der Waals surface area contributed by atoms with Gasteiger partial charge < -0.3 is 14.5 Å². The first-order valence-corrected chi connectivity index (χ1v) is 11.2. The molecule has 1 aliphatic heterocycles. The van der Waals surface area contributed by atoms with Crippen LogP contribution in [0.3, 0.4) is 0 Å². The lowest BCUT2D eigenvalue weighted by atomic mass is 10.2. The highest BCUT2D eigenvalue weighted by molar-refractivity contribution is 8.15. The van der Waals surface area contributed by atoms with Crippen LogP contribution in [-0.4, -0.2) is 33.7 Å². The van der Waals surface area contributed by atoms with E-state index in [0.29, 0.717) is 34.7 Å². The van der Waals surface area contributed by atoms with Gasteiger partial charge in [0, 0.05) is 12.1 Å². The molecule has 0 spiro atoms. The van der Waals surface area contributed by atoms with Crippen molar-refractivity contribution >= 4 is 40.1 Å². The van der Waals surface area contributed by atoms with E-state index in [1.54, 1.807) is 23.3 Å². The molecule has 2 aromatic carbocycles. The number of hydrogen-bond acceptors (Lipinski definition) is 6. The van der Waals surface area contributed by atoms with Crippen LogP contribution < -0.4 is 10.1 Å². The maximum atomic E-state index is 13.2. The number of amides is 2. The van der Waals surface area contributed by atoms with E-state index in [9.17, 15) is 9.59 Å². The molecule has 1 atom stereocenters. The van der Waals surface area contributed by atoms with Crippen LogP contribution in [0.15, 0.2) is 82.4 Å². The summed E-state index contributed by atoms with van der Waals surface area (Å²) in [7, 11) is 0. The van der Waals surface area contributed by atoms with E-state index >= 15 is 0 Å². The number of nitrogens with one attached hydrogen (secondary N) is 1. The van der Waals surface area contributed by atoms with E-state index in [1.807, 2.05) is 61.5 Å². The van der Waals surface area contributed by atoms with Gasteiger partial charge >= 0.3 is 0 Å². The van der Waals surface area contributed by atoms with Gasteiger partial charge in [0.15, 0.2) is 5.17 Å². The minimum atomic E-state index is -0.577. The van der Waals surface area contributed by atoms with E-state index in [0.717, 1.165) is 0 Å². The lowest BCUT2D eigenvalue weighted by Crippen LogP contribution is -2.33. The van der Waals surface area contributed by atoms with Crippen LogP contribution in [0, 0.1) is 0 Å². The molecule has 4 rings (SSSR count). The average Bonchev–Trinajstić information content (AvgIpc) is 3.40. The first kappa shape index (κ1) is 21.7. The molecule has 32 heavy (non-hydrogen) atoms. The number of aliphatic imine (C=N–C) groups is 1. The van der Waals surface area contributed by atoms with Crippen LogP contribution in [-0.2, 0) is 16.1 Å². The molecule has 1 N–H and O–H groups in total. The Morgan fingerprint density at radius 3 is 2.66 bits per heavy atom. The Morgan fingerprint density at radius 2 is 1.91 bits per heavy atom. The van der Waals surface area contributed by atoms with Crippen molar-refractivity contribution in [1.82, 2.24) is 4.90 Å². The molecule has 3 aromatic rings. The zero-order chi connectivity index (χ0) is 22.3. The zero-order valence-corrected chi connectivity index (χ0v) is 18.4. The first-order valence-electron chi connectivity index (χ1n) is 10.3. The van der Waals surface area contributed by atoms with Crippen molar-refractivity contribution in [3.05, 3.63) is 78.8 Å². The standard InChI is InChI=1S/C24H23N3O4S/c1-2-30-20-13-7-6-12-19(20)26-24-27(16-18-11-8-14-31-18)23(29)21(32-24)15-22(28)25-17-9-4-3-5-10-17/h3-14,21H,2,15-16H2,1H3,(H,25,28)/t21-/m1/s1. The molecule has 0 unspecified atom stereocenters. The number of furan rings is 1. The third-order valence-corrected chi connectivity index (χ3v) is 5.90. The quantitative estimate of drug-likeness (QED) is 0.532. The number of benzene rings is 2. The van der Waals surface area contributed by atoms with Crippen molar-refractivity contribution in [3.63, 3.8) is 0 Å². The van der Waals surface area contributed by atoms with Crippen LogP contribution in [0.2, 0.25) is 0 Å². The van der Waals surface area contributed by atoms with E-state index < -0.39 is 5.25 Å². The van der Waals surface area contributed by atoms with Gasteiger partial charge in [-0.3, -0.25) is 14.5 Å². The molecule has 0 aliphatic carbocycles. The van der Waals surface area contributed by atoms with Crippen molar-refractivity contribution < 1.29 is 18.7 Å². The third kappa shape index (κ3) is 5.20. The van der Waals surface area contributed by atoms with E-state index in [2.05, 4.69) is 5.32 Å². The zero-order valence-electron chi connectivity index (χ0n) is 17.6. The topological polar surface area (TPSA) is 84.1 Å². The number of nitrogens with zero attached hydrogens (tertiary/aromatic N) is 2. The van der Waals surface area contributed by atoms with Crippen LogP contribution >= 0.6 is 11.8 Å². The highest BCUT2D eigenvalue weighted by Crippen LogP contribution is 2.35. The third-order valence-electron chi connectivity index (χ3n) is 4.72. The van der Waals surface area contributed by atoms with Gasteiger partial charge in [0.25, 0.3) is 0 Å². The molecule has 0 bridgehead atoms. The number of amidine groups is 1. The van der Waals surface area contributed by atoms with Crippen molar-refractivity contribution in [2.75, 3.05) is 11.9 Å². The van der Waals surface area contributed by atoms with Gasteiger partial charge in [-0.25, -0.2) is 4.99 Å². The summed E-state index contributed by atoms with van der Waals surface area (Å²) in [5.41, 5.74) is 1.32. The largest absolute Gasteiger partial charge is 0.492 e. The second kappa shape index (κ2) is 10.2. The summed E-state index contributed by atoms with van der Waals surface area (Å²) in [5, 5.41) is 2.77. The minimum absolute atomic E-state index is 0.0408. The number of rotatable bonds is 8. The van der Waals surface area contributed by atoms with Crippen molar-refractivity contribution in [2.24, 2.45) is 4.99 Å². The Bertz CT molecular complexity index is 1100. The molecule has 2 amide bonds. The van der Waals surface area contributed by atoms with Gasteiger partial charge in [-0.2, -0.15) is 0 Å². The van der Waals surface area contributed by atoms with Crippen molar-refractivity contribution in [1.29, 1.82) is 0 Å². The molecule has 1 aromatic heterocycles. The Morgan fingerprint density at radius 1 is 1.12 bits per heavy atom. The molecule has 7 nitrogen and oxygen atoms in total. The van der Waals surface area contributed by atoms with Gasteiger partial charge in [0.05, 0.1) is 19.4 Å². The Labute approximate surface area is 190 Å². The molecule has 0 saturated carbocycles. The van der Waals surface area contributed by atoms with Crippen LogP contribution in [0.1, 0.15) is 19.1 Å². The number of hydrogen-bond donors (Lipinski definition) is 1. The number of carbonyl (C=O) groups is 2. The Balaban J connectivity index is 1.56. The van der Waals surface area contributed by atoms with E-state index in [4.69, 9.17) is 14.1 Å². The summed E-state index contributed by atoms with van der Waals surface area (Å²) in [6.07, 6.45) is 1.61. The average molecular weight is 450 g/mol. The normalized spacial score (nSPS) is 17.0. The summed E-state index contributed by atoms with van der Waals surface area (Å²) in [6.45, 7) is 2.65. The smallest absolute Gasteiger partial charge is 0.243 e. The van der Waals surface area contributed by atoms with Gasteiger partial charge in [0.1, 0.15) is 22.4 Å². The summed E-state index contributed by atoms with van der Waals surface area (Å²) in [5.74, 6) is 0.871. The lowest BCUT2D eigenvalue weighted by molar-refractivity contribution is -0.128. The summed E-state index contributed by atoms with van der Waals surface area (Å²) >= 11 is 1.28. The van der Waals surface area contributed by atoms with Crippen LogP contribution in [0.4, 0.5) is 11.4 Å². The molecule has 164 valence electrons. The number of para-hydroxylation sites is 3. The lowest BCUT2D eigenvalue weighted by Gasteiger charge is -2.15. The molecular weight excluding hydrogens is 426 g/mol. The molecular formula is C24H23N3O4S. The first-order chi connectivity index (χ1) is 15.6. The monoisotopic (exact) mass is 449 g/mol. The second-order valence-electron chi connectivity index (χ2n) is 7.02. The van der Waals surface area contributed by atoms with Gasteiger partial charge in [-0.1, -0.05) is 42.1 Å². The Hall–Kier alpha value is -3.52. The second-order valence-corrected chi connectivity index (χ2v) is 8.19. The fourth-order valence-corrected chi connectivity index (χ4v) is 4.41. The van der Waals surface area contributed by atoms with Crippen LogP contribution in [0.25, 0.3) is 0 Å². The number of carbonyl (C=O) groups excluding carboxylic acids is 2. The molecule has 2 heterocycles. The predicted molar refractivity (Wildman–Crippen MR) is 125 cm³/mol. The molecule has 8 heteroatoms. The molecule has 0 radical (unpaired) electrons. The van der Waals surface area contributed by atoms with Gasteiger partial charge in [0.2, 0.25) is 11.8 Å². The fraction of sp³-hybridized carbons (Fsp3) is 0.208. The highest BCUT2D eigenvalue weighted by atomic mass is 32.2. The highest BCUT2D eigenvalue weighted by Gasteiger charge is 2.39. The number of anilines is 1. The van der Waals surface area contributed by atoms with Gasteiger partial charge in [-0.05, 0) is 43.3 Å². The van der Waals surface area contributed by atoms with Crippen molar-refractivity contribution in [3.8, 4) is 5.75 Å².